The number of rotatable bonds is 9. The number of aromatic nitrogens is 2. The van der Waals surface area contributed by atoms with Crippen molar-refractivity contribution < 1.29 is 0 Å². The lowest BCUT2D eigenvalue weighted by molar-refractivity contribution is 0.271. The van der Waals surface area contributed by atoms with Gasteiger partial charge in [0.1, 0.15) is 0 Å². The van der Waals surface area contributed by atoms with Gasteiger partial charge in [0.15, 0.2) is 5.96 Å². The molecule has 22 heavy (non-hydrogen) atoms. The zero-order valence-electron chi connectivity index (χ0n) is 14.1. The van der Waals surface area contributed by atoms with E-state index < -0.39 is 0 Å². The van der Waals surface area contributed by atoms with E-state index in [9.17, 15) is 0 Å². The van der Waals surface area contributed by atoms with E-state index in [0.29, 0.717) is 6.04 Å². The van der Waals surface area contributed by atoms with Crippen LogP contribution in [0.4, 0.5) is 0 Å². The maximum absolute atomic E-state index is 4.76. The van der Waals surface area contributed by atoms with Gasteiger partial charge in [-0.15, -0.1) is 0 Å². The molecule has 1 heterocycles. The number of guanidine groups is 1. The number of aryl methyl sites for hydroxylation is 1. The summed E-state index contributed by atoms with van der Waals surface area (Å²) >= 11 is 0. The summed E-state index contributed by atoms with van der Waals surface area (Å²) in [6.45, 7) is 5.70. The first-order valence-electron chi connectivity index (χ1n) is 8.36. The van der Waals surface area contributed by atoms with Gasteiger partial charge < -0.3 is 15.5 Å². The second-order valence-electron chi connectivity index (χ2n) is 6.14. The molecule has 0 saturated heterocycles. The Bertz CT molecular complexity index is 433. The molecule has 124 valence electrons. The maximum Gasteiger partial charge on any atom is 0.191 e. The van der Waals surface area contributed by atoms with E-state index in [-0.39, 0.29) is 0 Å². The Morgan fingerprint density at radius 1 is 1.41 bits per heavy atom. The molecule has 1 fully saturated rings. The standard InChI is InChI=1S/C16H30N6/c1-4-17-16(18-9-5-11-22-12-6-10-20-22)19-13-15(21(2)3)14-7-8-14/h6,10,12,14-15H,4-5,7-9,11,13H2,1-3H3,(H2,17,18,19). The van der Waals surface area contributed by atoms with E-state index in [1.807, 2.05) is 23.1 Å². The minimum absolute atomic E-state index is 0.569. The molecule has 2 N–H and O–H groups in total. The second-order valence-corrected chi connectivity index (χ2v) is 6.14. The molecule has 1 aromatic heterocycles. The molecule has 1 aliphatic carbocycles. The monoisotopic (exact) mass is 306 g/mol. The second kappa shape index (κ2) is 8.78. The molecule has 2 rings (SSSR count). The lowest BCUT2D eigenvalue weighted by atomic mass is 10.2. The van der Waals surface area contributed by atoms with Crippen LogP contribution >= 0.6 is 0 Å². The van der Waals surface area contributed by atoms with E-state index >= 15 is 0 Å². The molecule has 1 unspecified atom stereocenters. The Labute approximate surface area is 134 Å². The van der Waals surface area contributed by atoms with Crippen molar-refractivity contribution in [1.82, 2.24) is 25.3 Å². The van der Waals surface area contributed by atoms with Crippen molar-refractivity contribution >= 4 is 5.96 Å². The molecule has 6 heteroatoms. The Balaban J connectivity index is 1.74. The van der Waals surface area contributed by atoms with Crippen molar-refractivity contribution in [2.75, 3.05) is 33.7 Å². The van der Waals surface area contributed by atoms with Crippen LogP contribution in [0.15, 0.2) is 23.5 Å². The first kappa shape index (κ1) is 16.8. The van der Waals surface area contributed by atoms with Crippen molar-refractivity contribution in [1.29, 1.82) is 0 Å². The van der Waals surface area contributed by atoms with E-state index in [0.717, 1.165) is 44.5 Å². The summed E-state index contributed by atoms with van der Waals surface area (Å²) in [5.74, 6) is 1.76. The van der Waals surface area contributed by atoms with Gasteiger partial charge >= 0.3 is 0 Å². The van der Waals surface area contributed by atoms with Gasteiger partial charge in [0.05, 0.1) is 6.54 Å². The third-order valence-electron chi connectivity index (χ3n) is 4.03. The van der Waals surface area contributed by atoms with Gasteiger partial charge in [0.2, 0.25) is 0 Å². The van der Waals surface area contributed by atoms with Crippen LogP contribution in [0.25, 0.3) is 0 Å². The molecule has 6 nitrogen and oxygen atoms in total. The lowest BCUT2D eigenvalue weighted by Crippen LogP contribution is -2.40. The first-order chi connectivity index (χ1) is 10.7. The van der Waals surface area contributed by atoms with Gasteiger partial charge in [-0.25, -0.2) is 0 Å². The average Bonchev–Trinajstić information content (AvgIpc) is 3.18. The molecule has 1 aromatic rings. The number of hydrogen-bond acceptors (Lipinski definition) is 3. The molecule has 0 amide bonds. The van der Waals surface area contributed by atoms with E-state index in [4.69, 9.17) is 4.99 Å². The fraction of sp³-hybridized carbons (Fsp3) is 0.750. The Hall–Kier alpha value is -1.56. The number of nitrogens with one attached hydrogen (secondary N) is 2. The number of aliphatic imine (C=N–C) groups is 1. The highest BCUT2D eigenvalue weighted by molar-refractivity contribution is 5.79. The van der Waals surface area contributed by atoms with Gasteiger partial charge in [-0.2, -0.15) is 5.10 Å². The van der Waals surface area contributed by atoms with Crippen LogP contribution in [0.3, 0.4) is 0 Å². The van der Waals surface area contributed by atoms with E-state index in [1.165, 1.54) is 12.8 Å². The van der Waals surface area contributed by atoms with Crippen molar-refractivity contribution in [3.05, 3.63) is 18.5 Å². The summed E-state index contributed by atoms with van der Waals surface area (Å²) < 4.78 is 1.96. The van der Waals surface area contributed by atoms with Gasteiger partial charge in [-0.3, -0.25) is 9.67 Å². The molecular weight excluding hydrogens is 276 g/mol. The Morgan fingerprint density at radius 2 is 2.23 bits per heavy atom. The fourth-order valence-electron chi connectivity index (χ4n) is 2.62. The summed E-state index contributed by atoms with van der Waals surface area (Å²) in [5.41, 5.74) is 0. The smallest absolute Gasteiger partial charge is 0.191 e. The van der Waals surface area contributed by atoms with Crippen molar-refractivity contribution in [3.63, 3.8) is 0 Å². The molecule has 0 spiro atoms. The van der Waals surface area contributed by atoms with Crippen LogP contribution in [0.5, 0.6) is 0 Å². The first-order valence-corrected chi connectivity index (χ1v) is 8.36. The number of likely N-dealkylation sites (N-methyl/N-ethyl adjacent to an activating group) is 1. The zero-order chi connectivity index (χ0) is 15.8. The molecule has 0 radical (unpaired) electrons. The van der Waals surface area contributed by atoms with Crippen molar-refractivity contribution in [2.24, 2.45) is 10.9 Å². The SMILES string of the molecule is CCNC(=NCC(C1CC1)N(C)C)NCCCn1cccn1. The summed E-state index contributed by atoms with van der Waals surface area (Å²) in [6.07, 6.45) is 7.55. The molecule has 0 bridgehead atoms. The number of nitrogens with zero attached hydrogens (tertiary/aromatic N) is 4. The lowest BCUT2D eigenvalue weighted by Gasteiger charge is -2.23. The van der Waals surface area contributed by atoms with Crippen LogP contribution < -0.4 is 10.6 Å². The van der Waals surface area contributed by atoms with Crippen molar-refractivity contribution in [2.45, 2.75) is 38.8 Å². The minimum Gasteiger partial charge on any atom is -0.357 e. The highest BCUT2D eigenvalue weighted by Gasteiger charge is 2.32. The fourth-order valence-corrected chi connectivity index (χ4v) is 2.62. The van der Waals surface area contributed by atoms with Crippen LogP contribution in [0.2, 0.25) is 0 Å². The molecule has 1 atom stereocenters. The molecule has 1 saturated carbocycles. The zero-order valence-corrected chi connectivity index (χ0v) is 14.1. The average molecular weight is 306 g/mol. The summed E-state index contributed by atoms with van der Waals surface area (Å²) in [4.78, 5) is 7.07. The van der Waals surface area contributed by atoms with Gasteiger partial charge in [-0.05, 0) is 52.3 Å². The Kier molecular flexibility index (Phi) is 6.71. The topological polar surface area (TPSA) is 57.5 Å². The van der Waals surface area contributed by atoms with Crippen molar-refractivity contribution in [3.8, 4) is 0 Å². The molecule has 1 aliphatic rings. The molecular formula is C16H30N6. The van der Waals surface area contributed by atoms with Crippen LogP contribution in [-0.4, -0.2) is 60.4 Å². The molecule has 0 aliphatic heterocycles. The third-order valence-corrected chi connectivity index (χ3v) is 4.03. The van der Waals surface area contributed by atoms with Crippen LogP contribution in [0, 0.1) is 5.92 Å². The van der Waals surface area contributed by atoms with Gasteiger partial charge in [0, 0.05) is 38.1 Å². The van der Waals surface area contributed by atoms with E-state index in [1.54, 1.807) is 0 Å². The number of hydrogen-bond donors (Lipinski definition) is 2. The van der Waals surface area contributed by atoms with Gasteiger partial charge in [0.25, 0.3) is 0 Å². The summed E-state index contributed by atoms with van der Waals surface area (Å²) in [7, 11) is 4.31. The Morgan fingerprint density at radius 3 is 2.82 bits per heavy atom. The van der Waals surface area contributed by atoms with Gasteiger partial charge in [-0.1, -0.05) is 0 Å². The summed E-state index contributed by atoms with van der Waals surface area (Å²) in [6, 6.07) is 2.53. The quantitative estimate of drug-likeness (QED) is 0.408. The molecule has 0 aromatic carbocycles. The highest BCUT2D eigenvalue weighted by Crippen LogP contribution is 2.34. The predicted molar refractivity (Wildman–Crippen MR) is 91.0 cm³/mol. The van der Waals surface area contributed by atoms with E-state index in [2.05, 4.69) is 41.7 Å². The predicted octanol–water partition coefficient (Wildman–Crippen LogP) is 1.17. The normalized spacial score (nSPS) is 16.8. The summed E-state index contributed by atoms with van der Waals surface area (Å²) in [5, 5.41) is 11.0. The minimum atomic E-state index is 0.569. The largest absolute Gasteiger partial charge is 0.357 e. The third kappa shape index (κ3) is 5.67. The van der Waals surface area contributed by atoms with Crippen LogP contribution in [0.1, 0.15) is 26.2 Å². The van der Waals surface area contributed by atoms with Crippen LogP contribution in [-0.2, 0) is 6.54 Å². The maximum atomic E-state index is 4.76. The highest BCUT2D eigenvalue weighted by atomic mass is 15.3.